The molecule has 1 N–H and O–H groups in total. The first kappa shape index (κ1) is 14.3. The zero-order valence-corrected chi connectivity index (χ0v) is 13.8. The van der Waals surface area contributed by atoms with Crippen LogP contribution in [-0.2, 0) is 0 Å². The average Bonchev–Trinajstić information content (AvgIpc) is 2.88. The maximum atomic E-state index is 5.97. The van der Waals surface area contributed by atoms with E-state index in [0.29, 0.717) is 13.2 Å². The number of hydrogen-bond donors (Lipinski definition) is 1. The van der Waals surface area contributed by atoms with Gasteiger partial charge in [0.25, 0.3) is 0 Å². The van der Waals surface area contributed by atoms with Gasteiger partial charge in [-0.2, -0.15) is 0 Å². The summed E-state index contributed by atoms with van der Waals surface area (Å²) in [6.45, 7) is 5.38. The number of ether oxygens (including phenoxy) is 2. The second-order valence-electron chi connectivity index (χ2n) is 5.56. The molecule has 0 fully saturated rings. The lowest BCUT2D eigenvalue weighted by Gasteiger charge is -2.26. The van der Waals surface area contributed by atoms with E-state index in [4.69, 9.17) is 9.47 Å². The molecule has 1 aliphatic rings. The zero-order chi connectivity index (χ0) is 15.8. The fourth-order valence-corrected chi connectivity index (χ4v) is 3.69. The number of hydrogen-bond acceptors (Lipinski definition) is 6. The normalized spacial score (nSPS) is 16.5. The molecule has 0 unspecified atom stereocenters. The van der Waals surface area contributed by atoms with Crippen LogP contribution in [0.2, 0.25) is 0 Å². The second kappa shape index (κ2) is 5.70. The van der Waals surface area contributed by atoms with Crippen LogP contribution < -0.4 is 14.8 Å². The van der Waals surface area contributed by atoms with Gasteiger partial charge in [-0.05, 0) is 31.5 Å². The number of benzene rings is 1. The van der Waals surface area contributed by atoms with Crippen molar-refractivity contribution in [3.8, 4) is 11.5 Å². The third-order valence-corrected chi connectivity index (χ3v) is 5.15. The highest BCUT2D eigenvalue weighted by atomic mass is 32.1. The van der Waals surface area contributed by atoms with Gasteiger partial charge in [-0.3, -0.25) is 0 Å². The van der Waals surface area contributed by atoms with E-state index >= 15 is 0 Å². The van der Waals surface area contributed by atoms with Gasteiger partial charge in [0.2, 0.25) is 0 Å². The van der Waals surface area contributed by atoms with E-state index < -0.39 is 0 Å². The molecule has 0 aliphatic carbocycles. The molecule has 0 saturated heterocycles. The van der Waals surface area contributed by atoms with Crippen LogP contribution in [-0.4, -0.2) is 29.2 Å². The topological polar surface area (TPSA) is 56.3 Å². The SMILES string of the molecule is Cc1sc2ncnc(NC[C@H]3COc4ccccc4O3)c2c1C. The molecular formula is C17H17N3O2S. The molecule has 3 aromatic rings. The third kappa shape index (κ3) is 2.59. The Labute approximate surface area is 138 Å². The molecule has 3 heterocycles. The number of aromatic nitrogens is 2. The van der Waals surface area contributed by atoms with Gasteiger partial charge in [0, 0.05) is 4.88 Å². The molecule has 1 atom stereocenters. The lowest BCUT2D eigenvalue weighted by atomic mass is 10.2. The molecule has 1 aliphatic heterocycles. The van der Waals surface area contributed by atoms with E-state index in [9.17, 15) is 0 Å². The summed E-state index contributed by atoms with van der Waals surface area (Å²) in [5, 5.41) is 4.50. The number of anilines is 1. The lowest BCUT2D eigenvalue weighted by Crippen LogP contribution is -2.35. The second-order valence-corrected chi connectivity index (χ2v) is 6.77. The first-order valence-corrected chi connectivity index (χ1v) is 8.37. The number of fused-ring (bicyclic) bond motifs is 2. The van der Waals surface area contributed by atoms with Crippen LogP contribution in [0.15, 0.2) is 30.6 Å². The van der Waals surface area contributed by atoms with Gasteiger partial charge < -0.3 is 14.8 Å². The van der Waals surface area contributed by atoms with Gasteiger partial charge in [-0.1, -0.05) is 12.1 Å². The van der Waals surface area contributed by atoms with Crippen LogP contribution in [0.4, 0.5) is 5.82 Å². The summed E-state index contributed by atoms with van der Waals surface area (Å²) in [5.74, 6) is 2.46. The Morgan fingerprint density at radius 3 is 2.91 bits per heavy atom. The smallest absolute Gasteiger partial charge is 0.161 e. The molecule has 0 spiro atoms. The predicted octanol–water partition coefficient (Wildman–Crippen LogP) is 3.56. The lowest BCUT2D eigenvalue weighted by molar-refractivity contribution is 0.0997. The molecule has 4 rings (SSSR count). The van der Waals surface area contributed by atoms with Gasteiger partial charge in [0.15, 0.2) is 11.5 Å². The average molecular weight is 327 g/mol. The summed E-state index contributed by atoms with van der Waals surface area (Å²) in [5.41, 5.74) is 1.24. The van der Waals surface area contributed by atoms with E-state index in [-0.39, 0.29) is 6.10 Å². The summed E-state index contributed by atoms with van der Waals surface area (Å²) in [6, 6.07) is 7.74. The van der Waals surface area contributed by atoms with E-state index in [1.54, 1.807) is 17.7 Å². The number of nitrogens with zero attached hydrogens (tertiary/aromatic N) is 2. The van der Waals surface area contributed by atoms with Crippen LogP contribution >= 0.6 is 11.3 Å². The Morgan fingerprint density at radius 2 is 2.04 bits per heavy atom. The quantitative estimate of drug-likeness (QED) is 0.797. The minimum Gasteiger partial charge on any atom is -0.486 e. The Hall–Kier alpha value is -2.34. The number of nitrogens with one attached hydrogen (secondary N) is 1. The summed E-state index contributed by atoms with van der Waals surface area (Å²) < 4.78 is 11.7. The maximum Gasteiger partial charge on any atom is 0.161 e. The molecule has 0 amide bonds. The van der Waals surface area contributed by atoms with E-state index in [2.05, 4.69) is 29.1 Å². The Morgan fingerprint density at radius 1 is 1.22 bits per heavy atom. The van der Waals surface area contributed by atoms with Crippen molar-refractivity contribution in [1.29, 1.82) is 0 Å². The highest BCUT2D eigenvalue weighted by Gasteiger charge is 2.21. The summed E-state index contributed by atoms with van der Waals surface area (Å²) in [6.07, 6.45) is 1.56. The summed E-state index contributed by atoms with van der Waals surface area (Å²) in [7, 11) is 0. The first-order valence-electron chi connectivity index (χ1n) is 7.55. The minimum atomic E-state index is -0.0463. The van der Waals surface area contributed by atoms with Crippen molar-refractivity contribution in [2.24, 2.45) is 0 Å². The van der Waals surface area contributed by atoms with Crippen LogP contribution in [0, 0.1) is 13.8 Å². The molecule has 1 aromatic carbocycles. The predicted molar refractivity (Wildman–Crippen MR) is 91.7 cm³/mol. The number of aryl methyl sites for hydroxylation is 2. The van der Waals surface area contributed by atoms with Crippen LogP contribution in [0.1, 0.15) is 10.4 Å². The Balaban J connectivity index is 1.52. The molecule has 23 heavy (non-hydrogen) atoms. The van der Waals surface area contributed by atoms with Crippen molar-refractivity contribution in [3.63, 3.8) is 0 Å². The molecule has 0 radical (unpaired) electrons. The van der Waals surface area contributed by atoms with Gasteiger partial charge in [0.05, 0.1) is 11.9 Å². The minimum absolute atomic E-state index is 0.0463. The zero-order valence-electron chi connectivity index (χ0n) is 13.0. The van der Waals surface area contributed by atoms with Crippen LogP contribution in [0.3, 0.4) is 0 Å². The molecular weight excluding hydrogens is 310 g/mol. The number of rotatable bonds is 3. The standard InChI is InChI=1S/C17H17N3O2S/c1-10-11(2)23-17-15(10)16(19-9-20-17)18-7-12-8-21-13-5-3-4-6-14(13)22-12/h3-6,9,12H,7-8H2,1-2H3,(H,18,19,20)/t12-/m0/s1. The van der Waals surface area contributed by atoms with Gasteiger partial charge in [0.1, 0.15) is 29.7 Å². The van der Waals surface area contributed by atoms with E-state index in [1.807, 2.05) is 24.3 Å². The van der Waals surface area contributed by atoms with Crippen LogP contribution in [0.5, 0.6) is 11.5 Å². The van der Waals surface area contributed by atoms with E-state index in [1.165, 1.54) is 10.4 Å². The highest BCUT2D eigenvalue weighted by molar-refractivity contribution is 7.18. The van der Waals surface area contributed by atoms with Crippen molar-refractivity contribution in [1.82, 2.24) is 9.97 Å². The molecule has 0 saturated carbocycles. The van der Waals surface area contributed by atoms with Crippen molar-refractivity contribution in [2.75, 3.05) is 18.5 Å². The van der Waals surface area contributed by atoms with E-state index in [0.717, 1.165) is 27.5 Å². The largest absolute Gasteiger partial charge is 0.486 e. The molecule has 0 bridgehead atoms. The highest BCUT2D eigenvalue weighted by Crippen LogP contribution is 2.33. The number of para-hydroxylation sites is 2. The molecule has 5 nitrogen and oxygen atoms in total. The Kier molecular flexibility index (Phi) is 3.53. The van der Waals surface area contributed by atoms with Crippen molar-refractivity contribution >= 4 is 27.4 Å². The monoisotopic (exact) mass is 327 g/mol. The Bertz CT molecular complexity index is 862. The van der Waals surface area contributed by atoms with Crippen molar-refractivity contribution in [3.05, 3.63) is 41.0 Å². The van der Waals surface area contributed by atoms with Crippen LogP contribution in [0.25, 0.3) is 10.2 Å². The fourth-order valence-electron chi connectivity index (χ4n) is 2.69. The van der Waals surface area contributed by atoms with Gasteiger partial charge in [-0.15, -0.1) is 11.3 Å². The van der Waals surface area contributed by atoms with Gasteiger partial charge >= 0.3 is 0 Å². The van der Waals surface area contributed by atoms with Gasteiger partial charge in [-0.25, -0.2) is 9.97 Å². The summed E-state index contributed by atoms with van der Waals surface area (Å²) >= 11 is 1.70. The number of thiophene rings is 1. The molecule has 118 valence electrons. The molecule has 6 heteroatoms. The first-order chi connectivity index (χ1) is 11.2. The third-order valence-electron chi connectivity index (χ3n) is 4.03. The fraction of sp³-hybridized carbons (Fsp3) is 0.294. The molecule has 2 aromatic heterocycles. The van der Waals surface area contributed by atoms with Crippen molar-refractivity contribution < 1.29 is 9.47 Å². The van der Waals surface area contributed by atoms with Crippen molar-refractivity contribution in [2.45, 2.75) is 20.0 Å². The maximum absolute atomic E-state index is 5.97. The summed E-state index contributed by atoms with van der Waals surface area (Å²) in [4.78, 5) is 11.0.